The zero-order valence-corrected chi connectivity index (χ0v) is 8.68. The highest BCUT2D eigenvalue weighted by Crippen LogP contribution is 2.38. The van der Waals surface area contributed by atoms with Crippen LogP contribution in [0.3, 0.4) is 0 Å². The molecule has 1 aliphatic rings. The molecule has 1 aliphatic heterocycles. The van der Waals surface area contributed by atoms with Crippen molar-refractivity contribution >= 4 is 5.69 Å². The van der Waals surface area contributed by atoms with Crippen LogP contribution >= 0.6 is 0 Å². The van der Waals surface area contributed by atoms with Crippen molar-refractivity contribution in [2.75, 3.05) is 11.9 Å². The standard InChI is InChI=1S/C11H13F2NO/c1-11(2)6-14-9-4-3-7(5-8(9)11)15-10(12)13/h3-5,10,14H,6H2,1-2H3. The van der Waals surface area contributed by atoms with E-state index in [0.717, 1.165) is 17.8 Å². The summed E-state index contributed by atoms with van der Waals surface area (Å²) in [7, 11) is 0. The Labute approximate surface area is 87.2 Å². The molecule has 0 saturated carbocycles. The van der Waals surface area contributed by atoms with E-state index in [1.807, 2.05) is 0 Å². The van der Waals surface area contributed by atoms with Crippen molar-refractivity contribution in [2.45, 2.75) is 25.9 Å². The molecule has 0 spiro atoms. The Balaban J connectivity index is 2.33. The van der Waals surface area contributed by atoms with Gasteiger partial charge >= 0.3 is 6.61 Å². The van der Waals surface area contributed by atoms with E-state index < -0.39 is 6.61 Å². The molecule has 1 heterocycles. The predicted octanol–water partition coefficient (Wildman–Crippen LogP) is 2.99. The third-order valence-electron chi connectivity index (χ3n) is 2.67. The molecule has 0 aromatic heterocycles. The molecule has 1 aromatic rings. The first-order chi connectivity index (χ1) is 6.99. The number of rotatable bonds is 2. The second-order valence-corrected chi connectivity index (χ2v) is 4.32. The van der Waals surface area contributed by atoms with E-state index in [9.17, 15) is 8.78 Å². The molecule has 0 amide bonds. The van der Waals surface area contributed by atoms with Gasteiger partial charge in [-0.3, -0.25) is 0 Å². The van der Waals surface area contributed by atoms with Crippen LogP contribution in [-0.2, 0) is 5.41 Å². The Morgan fingerprint density at radius 1 is 1.40 bits per heavy atom. The van der Waals surface area contributed by atoms with E-state index >= 15 is 0 Å². The summed E-state index contributed by atoms with van der Waals surface area (Å²) in [5.74, 6) is 0.223. The lowest BCUT2D eigenvalue weighted by atomic mass is 9.87. The van der Waals surface area contributed by atoms with Crippen LogP contribution in [0.4, 0.5) is 14.5 Å². The largest absolute Gasteiger partial charge is 0.435 e. The molecule has 0 unspecified atom stereocenters. The normalized spacial score (nSPS) is 17.4. The molecule has 1 N–H and O–H groups in total. The Hall–Kier alpha value is -1.32. The van der Waals surface area contributed by atoms with E-state index in [1.165, 1.54) is 0 Å². The van der Waals surface area contributed by atoms with Gasteiger partial charge in [0.25, 0.3) is 0 Å². The van der Waals surface area contributed by atoms with Crippen LogP contribution in [0.15, 0.2) is 18.2 Å². The first kappa shape index (κ1) is 10.2. The molecular weight excluding hydrogens is 200 g/mol. The van der Waals surface area contributed by atoms with Gasteiger partial charge in [0.05, 0.1) is 0 Å². The van der Waals surface area contributed by atoms with Crippen molar-refractivity contribution in [1.29, 1.82) is 0 Å². The van der Waals surface area contributed by atoms with Crippen molar-refractivity contribution in [1.82, 2.24) is 0 Å². The fourth-order valence-corrected chi connectivity index (χ4v) is 1.83. The highest BCUT2D eigenvalue weighted by atomic mass is 19.3. The first-order valence-corrected chi connectivity index (χ1v) is 4.82. The molecule has 82 valence electrons. The smallest absolute Gasteiger partial charge is 0.387 e. The van der Waals surface area contributed by atoms with Crippen molar-refractivity contribution in [3.05, 3.63) is 23.8 Å². The molecular formula is C11H13F2NO. The van der Waals surface area contributed by atoms with Crippen molar-refractivity contribution in [3.63, 3.8) is 0 Å². The summed E-state index contributed by atoms with van der Waals surface area (Å²) < 4.78 is 28.4. The van der Waals surface area contributed by atoms with Crippen molar-refractivity contribution in [2.24, 2.45) is 0 Å². The molecule has 2 rings (SSSR count). The third kappa shape index (κ3) is 1.89. The van der Waals surface area contributed by atoms with Gasteiger partial charge in [-0.25, -0.2) is 0 Å². The van der Waals surface area contributed by atoms with E-state index in [-0.39, 0.29) is 11.2 Å². The first-order valence-electron chi connectivity index (χ1n) is 4.82. The lowest BCUT2D eigenvalue weighted by Crippen LogP contribution is -2.19. The van der Waals surface area contributed by atoms with Gasteiger partial charge in [0, 0.05) is 17.6 Å². The summed E-state index contributed by atoms with van der Waals surface area (Å²) in [4.78, 5) is 0. The Morgan fingerprint density at radius 2 is 2.13 bits per heavy atom. The van der Waals surface area contributed by atoms with Crippen LogP contribution in [0, 0.1) is 0 Å². The van der Waals surface area contributed by atoms with Crippen LogP contribution in [0.5, 0.6) is 5.75 Å². The average Bonchev–Trinajstić information content (AvgIpc) is 2.42. The number of alkyl halides is 2. The number of hydrogen-bond donors (Lipinski definition) is 1. The highest BCUT2D eigenvalue weighted by molar-refractivity contribution is 5.61. The number of ether oxygens (including phenoxy) is 1. The molecule has 0 radical (unpaired) electrons. The maximum absolute atomic E-state index is 12.0. The fourth-order valence-electron chi connectivity index (χ4n) is 1.83. The quantitative estimate of drug-likeness (QED) is 0.815. The summed E-state index contributed by atoms with van der Waals surface area (Å²) >= 11 is 0. The van der Waals surface area contributed by atoms with Crippen LogP contribution in [0.2, 0.25) is 0 Å². The minimum absolute atomic E-state index is 0.0309. The number of nitrogens with one attached hydrogen (secondary N) is 1. The van der Waals surface area contributed by atoms with Gasteiger partial charge in [-0.1, -0.05) is 13.8 Å². The Bertz CT molecular complexity index is 377. The zero-order chi connectivity index (χ0) is 11.1. The van der Waals surface area contributed by atoms with Gasteiger partial charge in [-0.2, -0.15) is 8.78 Å². The molecule has 0 fully saturated rings. The lowest BCUT2D eigenvalue weighted by Gasteiger charge is -2.17. The lowest BCUT2D eigenvalue weighted by molar-refractivity contribution is -0.0499. The average molecular weight is 213 g/mol. The molecule has 0 atom stereocenters. The molecule has 0 saturated heterocycles. The van der Waals surface area contributed by atoms with Gasteiger partial charge < -0.3 is 10.1 Å². The maximum atomic E-state index is 12.0. The number of fused-ring (bicyclic) bond motifs is 1. The number of halogens is 2. The second-order valence-electron chi connectivity index (χ2n) is 4.32. The molecule has 4 heteroatoms. The van der Waals surface area contributed by atoms with E-state index in [0.29, 0.717) is 0 Å². The summed E-state index contributed by atoms with van der Waals surface area (Å²) in [6.45, 7) is 2.19. The number of hydrogen-bond acceptors (Lipinski definition) is 2. The van der Waals surface area contributed by atoms with E-state index in [4.69, 9.17) is 0 Å². The summed E-state index contributed by atoms with van der Waals surface area (Å²) in [5, 5.41) is 3.23. The molecule has 0 aliphatic carbocycles. The van der Waals surface area contributed by atoms with Gasteiger partial charge in [0.1, 0.15) is 5.75 Å². The maximum Gasteiger partial charge on any atom is 0.387 e. The Kier molecular flexibility index (Phi) is 2.29. The second kappa shape index (κ2) is 3.36. The minimum atomic E-state index is -2.76. The highest BCUT2D eigenvalue weighted by Gasteiger charge is 2.30. The monoisotopic (exact) mass is 213 g/mol. The molecule has 0 bridgehead atoms. The predicted molar refractivity (Wildman–Crippen MR) is 54.6 cm³/mol. The van der Waals surface area contributed by atoms with Crippen LogP contribution < -0.4 is 10.1 Å². The van der Waals surface area contributed by atoms with Gasteiger partial charge in [0.2, 0.25) is 0 Å². The summed E-state index contributed by atoms with van der Waals surface area (Å²) in [6, 6.07) is 5.02. The molecule has 1 aromatic carbocycles. The van der Waals surface area contributed by atoms with E-state index in [1.54, 1.807) is 18.2 Å². The summed E-state index contributed by atoms with van der Waals surface area (Å²) in [6.07, 6.45) is 0. The minimum Gasteiger partial charge on any atom is -0.435 e. The molecule has 15 heavy (non-hydrogen) atoms. The topological polar surface area (TPSA) is 21.3 Å². The van der Waals surface area contributed by atoms with Gasteiger partial charge in [0.15, 0.2) is 0 Å². The number of anilines is 1. The molecule has 2 nitrogen and oxygen atoms in total. The summed E-state index contributed by atoms with van der Waals surface area (Å²) in [5.41, 5.74) is 2.00. The fraction of sp³-hybridized carbons (Fsp3) is 0.455. The SMILES string of the molecule is CC1(C)CNc2ccc(OC(F)F)cc21. The van der Waals surface area contributed by atoms with Crippen LogP contribution in [0.1, 0.15) is 19.4 Å². The Morgan fingerprint density at radius 3 is 2.80 bits per heavy atom. The van der Waals surface area contributed by atoms with Gasteiger partial charge in [-0.05, 0) is 23.8 Å². The zero-order valence-electron chi connectivity index (χ0n) is 8.68. The van der Waals surface area contributed by atoms with Gasteiger partial charge in [-0.15, -0.1) is 0 Å². The van der Waals surface area contributed by atoms with Crippen LogP contribution in [0.25, 0.3) is 0 Å². The van der Waals surface area contributed by atoms with E-state index in [2.05, 4.69) is 23.9 Å². The number of benzene rings is 1. The van der Waals surface area contributed by atoms with Crippen LogP contribution in [-0.4, -0.2) is 13.2 Å². The third-order valence-corrected chi connectivity index (χ3v) is 2.67. The van der Waals surface area contributed by atoms with Crippen molar-refractivity contribution < 1.29 is 13.5 Å². The van der Waals surface area contributed by atoms with Crippen molar-refractivity contribution in [3.8, 4) is 5.75 Å².